The van der Waals surface area contributed by atoms with E-state index in [1.54, 1.807) is 6.92 Å². The monoisotopic (exact) mass is 329 g/mol. The summed E-state index contributed by atoms with van der Waals surface area (Å²) in [5.41, 5.74) is 1.46. The Labute approximate surface area is 141 Å². The van der Waals surface area contributed by atoms with Gasteiger partial charge in [0.05, 0.1) is 6.10 Å². The molecule has 3 rings (SSSR count). The highest BCUT2D eigenvalue weighted by molar-refractivity contribution is 5.92. The number of nitrogens with one attached hydrogen (secondary N) is 1. The van der Waals surface area contributed by atoms with Gasteiger partial charge in [-0.2, -0.15) is 0 Å². The van der Waals surface area contributed by atoms with Crippen molar-refractivity contribution in [2.45, 2.75) is 45.6 Å². The molecule has 1 aromatic heterocycles. The zero-order valence-corrected chi connectivity index (χ0v) is 14.1. The lowest BCUT2D eigenvalue weighted by Crippen LogP contribution is -2.26. The molecule has 1 aliphatic carbocycles. The van der Waals surface area contributed by atoms with Crippen molar-refractivity contribution >= 4 is 11.6 Å². The molecule has 1 aliphatic rings. The topological polar surface area (TPSA) is 77.2 Å². The lowest BCUT2D eigenvalue weighted by molar-refractivity contribution is -0.123. The molecule has 1 aromatic carbocycles. The van der Waals surface area contributed by atoms with Gasteiger partial charge in [0.2, 0.25) is 17.7 Å². The molecule has 1 saturated carbocycles. The Hall–Kier alpha value is -2.21. The third-order valence-corrected chi connectivity index (χ3v) is 4.26. The van der Waals surface area contributed by atoms with Crippen molar-refractivity contribution in [1.29, 1.82) is 0 Å². The van der Waals surface area contributed by atoms with Gasteiger partial charge >= 0.3 is 0 Å². The highest BCUT2D eigenvalue weighted by atomic mass is 16.5. The van der Waals surface area contributed by atoms with E-state index in [-0.39, 0.29) is 18.6 Å². The molecule has 0 spiro atoms. The Morgan fingerprint density at radius 3 is 3.00 bits per heavy atom. The Kier molecular flexibility index (Phi) is 5.25. The van der Waals surface area contributed by atoms with E-state index in [0.29, 0.717) is 23.4 Å². The number of ether oxygens (including phenoxy) is 1. The summed E-state index contributed by atoms with van der Waals surface area (Å²) in [4.78, 5) is 12.1. The van der Waals surface area contributed by atoms with Crippen LogP contribution in [-0.4, -0.2) is 28.8 Å². The molecule has 1 amide bonds. The molecule has 0 unspecified atom stereocenters. The van der Waals surface area contributed by atoms with Crippen molar-refractivity contribution in [2.24, 2.45) is 5.92 Å². The van der Waals surface area contributed by atoms with Crippen molar-refractivity contribution in [1.82, 2.24) is 10.2 Å². The minimum absolute atomic E-state index is 0.0846. The van der Waals surface area contributed by atoms with Crippen LogP contribution in [0.25, 0.3) is 11.5 Å². The second kappa shape index (κ2) is 7.57. The largest absolute Gasteiger partial charge is 0.421 e. The lowest BCUT2D eigenvalue weighted by atomic mass is 9.89. The summed E-state index contributed by atoms with van der Waals surface area (Å²) in [6, 6.07) is 7.34. The number of hydrogen-bond acceptors (Lipinski definition) is 5. The molecule has 2 atom stereocenters. The number of carbonyl (C=O) groups is 1. The van der Waals surface area contributed by atoms with Gasteiger partial charge < -0.3 is 14.5 Å². The molecule has 128 valence electrons. The molecule has 0 saturated heterocycles. The number of hydrogen-bond donors (Lipinski definition) is 1. The van der Waals surface area contributed by atoms with Gasteiger partial charge in [0.15, 0.2) is 0 Å². The number of nitrogens with zero attached hydrogens (tertiary/aromatic N) is 2. The molecule has 1 fully saturated rings. The van der Waals surface area contributed by atoms with Crippen LogP contribution in [0, 0.1) is 12.8 Å². The van der Waals surface area contributed by atoms with Crippen LogP contribution in [0.5, 0.6) is 0 Å². The molecule has 1 N–H and O–H groups in total. The van der Waals surface area contributed by atoms with Crippen LogP contribution < -0.4 is 5.32 Å². The first-order valence-corrected chi connectivity index (χ1v) is 8.42. The van der Waals surface area contributed by atoms with Crippen LogP contribution in [0.2, 0.25) is 0 Å². The summed E-state index contributed by atoms with van der Waals surface area (Å²) in [6.07, 6.45) is 4.72. The van der Waals surface area contributed by atoms with Crippen LogP contribution in [0.15, 0.2) is 28.7 Å². The maximum absolute atomic E-state index is 12.1. The lowest BCUT2D eigenvalue weighted by Gasteiger charge is -2.26. The first-order valence-electron chi connectivity index (χ1n) is 8.42. The summed E-state index contributed by atoms with van der Waals surface area (Å²) in [5, 5.41) is 10.7. The summed E-state index contributed by atoms with van der Waals surface area (Å²) in [7, 11) is 0. The van der Waals surface area contributed by atoms with Crippen molar-refractivity contribution in [2.75, 3.05) is 11.9 Å². The Bertz CT molecular complexity index is 698. The smallest absolute Gasteiger partial charge is 0.250 e. The third kappa shape index (κ3) is 4.41. The average molecular weight is 329 g/mol. The summed E-state index contributed by atoms with van der Waals surface area (Å²) < 4.78 is 11.2. The fraction of sp³-hybridized carbons (Fsp3) is 0.500. The van der Waals surface area contributed by atoms with Gasteiger partial charge in [0.25, 0.3) is 0 Å². The van der Waals surface area contributed by atoms with Gasteiger partial charge in [-0.25, -0.2) is 0 Å². The van der Waals surface area contributed by atoms with Crippen LogP contribution in [0.1, 0.15) is 38.5 Å². The molecule has 0 aliphatic heterocycles. The minimum Gasteiger partial charge on any atom is -0.421 e. The SMILES string of the molecule is Cc1nnc(-c2cccc(NC(=O)CO[C@@H]3CCC[C@@H](C)C3)c2)o1. The summed E-state index contributed by atoms with van der Waals surface area (Å²) in [6.45, 7) is 4.06. The molecule has 6 nitrogen and oxygen atoms in total. The standard InChI is InChI=1S/C18H23N3O3/c1-12-5-3-8-16(9-12)23-11-17(22)19-15-7-4-6-14(10-15)18-21-20-13(2)24-18/h4,6-7,10,12,16H,3,5,8-9,11H2,1-2H3,(H,19,22)/t12-,16-/m1/s1. The molecular weight excluding hydrogens is 306 g/mol. The fourth-order valence-corrected chi connectivity index (χ4v) is 3.06. The second-order valence-corrected chi connectivity index (χ2v) is 6.46. The number of aryl methyl sites for hydroxylation is 1. The number of amides is 1. The summed E-state index contributed by atoms with van der Waals surface area (Å²) in [5.74, 6) is 1.49. The van der Waals surface area contributed by atoms with Crippen molar-refractivity contribution in [3.8, 4) is 11.5 Å². The molecular formula is C18H23N3O3. The van der Waals surface area contributed by atoms with Crippen LogP contribution in [0.3, 0.4) is 0 Å². The third-order valence-electron chi connectivity index (χ3n) is 4.26. The maximum atomic E-state index is 12.1. The van der Waals surface area contributed by atoms with E-state index in [1.165, 1.54) is 12.8 Å². The van der Waals surface area contributed by atoms with E-state index in [1.807, 2.05) is 24.3 Å². The van der Waals surface area contributed by atoms with E-state index in [0.717, 1.165) is 18.4 Å². The van der Waals surface area contributed by atoms with E-state index >= 15 is 0 Å². The first kappa shape index (κ1) is 16.6. The quantitative estimate of drug-likeness (QED) is 0.907. The Morgan fingerprint density at radius 1 is 1.38 bits per heavy atom. The van der Waals surface area contributed by atoms with E-state index < -0.39 is 0 Å². The highest BCUT2D eigenvalue weighted by Gasteiger charge is 2.20. The predicted octanol–water partition coefficient (Wildman–Crippen LogP) is 3.58. The normalized spacial score (nSPS) is 20.8. The van der Waals surface area contributed by atoms with Crippen molar-refractivity contribution in [3.63, 3.8) is 0 Å². The molecule has 1 heterocycles. The van der Waals surface area contributed by atoms with Gasteiger partial charge in [-0.3, -0.25) is 4.79 Å². The van der Waals surface area contributed by atoms with Gasteiger partial charge in [-0.05, 0) is 37.0 Å². The Balaban J connectivity index is 1.54. The van der Waals surface area contributed by atoms with Gasteiger partial charge in [0, 0.05) is 18.2 Å². The molecule has 0 radical (unpaired) electrons. The van der Waals surface area contributed by atoms with Gasteiger partial charge in [0.1, 0.15) is 6.61 Å². The average Bonchev–Trinajstić information content (AvgIpc) is 3.00. The van der Waals surface area contributed by atoms with Crippen molar-refractivity contribution in [3.05, 3.63) is 30.2 Å². The number of carbonyl (C=O) groups excluding carboxylic acids is 1. The molecule has 0 bridgehead atoms. The second-order valence-electron chi connectivity index (χ2n) is 6.46. The zero-order valence-electron chi connectivity index (χ0n) is 14.1. The van der Waals surface area contributed by atoms with Crippen molar-refractivity contribution < 1.29 is 13.9 Å². The van der Waals surface area contributed by atoms with E-state index in [4.69, 9.17) is 9.15 Å². The maximum Gasteiger partial charge on any atom is 0.250 e. The van der Waals surface area contributed by atoms with Crippen LogP contribution in [0.4, 0.5) is 5.69 Å². The van der Waals surface area contributed by atoms with E-state index in [9.17, 15) is 4.79 Å². The molecule has 6 heteroatoms. The molecule has 2 aromatic rings. The summed E-state index contributed by atoms with van der Waals surface area (Å²) >= 11 is 0. The Morgan fingerprint density at radius 2 is 2.25 bits per heavy atom. The minimum atomic E-state index is -0.146. The van der Waals surface area contributed by atoms with Gasteiger partial charge in [-0.1, -0.05) is 25.8 Å². The zero-order chi connectivity index (χ0) is 16.9. The van der Waals surface area contributed by atoms with Gasteiger partial charge in [-0.15, -0.1) is 10.2 Å². The van der Waals surface area contributed by atoms with Crippen LogP contribution in [-0.2, 0) is 9.53 Å². The van der Waals surface area contributed by atoms with Crippen LogP contribution >= 0.6 is 0 Å². The van der Waals surface area contributed by atoms with E-state index in [2.05, 4.69) is 22.4 Å². The first-order chi connectivity index (χ1) is 11.6. The highest BCUT2D eigenvalue weighted by Crippen LogP contribution is 2.26. The number of benzene rings is 1. The number of aromatic nitrogens is 2. The number of rotatable bonds is 5. The fourth-order valence-electron chi connectivity index (χ4n) is 3.06. The predicted molar refractivity (Wildman–Crippen MR) is 90.5 cm³/mol. The number of anilines is 1. The molecule has 24 heavy (non-hydrogen) atoms.